The first kappa shape index (κ1) is 8.99. The minimum Gasteiger partial charge on any atom is -0.396 e. The number of hydrogen-bond acceptors (Lipinski definition) is 3. The zero-order valence-corrected chi connectivity index (χ0v) is 8.00. The molecule has 1 aromatic rings. The van der Waals surface area contributed by atoms with Crippen LogP contribution in [-0.2, 0) is 0 Å². The van der Waals surface area contributed by atoms with Crippen LogP contribution in [0.25, 0.3) is 0 Å². The van der Waals surface area contributed by atoms with E-state index in [1.807, 2.05) is 11.9 Å². The molecule has 0 saturated carbocycles. The van der Waals surface area contributed by atoms with Crippen LogP contribution in [0.5, 0.6) is 0 Å². The molecule has 0 saturated heterocycles. The number of hydrogen-bond donors (Lipinski definition) is 1. The normalized spacial score (nSPS) is 15.9. The summed E-state index contributed by atoms with van der Waals surface area (Å²) < 4.78 is 13.2. The first-order chi connectivity index (χ1) is 6.68. The molecule has 1 aliphatic rings. The van der Waals surface area contributed by atoms with Gasteiger partial charge in [-0.05, 0) is 18.2 Å². The van der Waals surface area contributed by atoms with Gasteiger partial charge in [0.15, 0.2) is 0 Å². The number of likely N-dealkylation sites (N-methyl/N-ethyl adjacent to an activating group) is 1. The highest BCUT2D eigenvalue weighted by Gasteiger charge is 2.15. The molecule has 0 unspecified atom stereocenters. The van der Waals surface area contributed by atoms with Crippen LogP contribution in [0, 0.1) is 5.82 Å². The lowest BCUT2D eigenvalue weighted by Gasteiger charge is -2.13. The Bertz CT molecular complexity index is 387. The number of benzene rings is 1. The second-order valence-electron chi connectivity index (χ2n) is 3.36. The van der Waals surface area contributed by atoms with Crippen molar-refractivity contribution in [1.82, 2.24) is 4.90 Å². The summed E-state index contributed by atoms with van der Waals surface area (Å²) >= 11 is 0. The van der Waals surface area contributed by atoms with E-state index in [9.17, 15) is 4.39 Å². The number of amidine groups is 1. The SMILES string of the molecule is CN1CCN=C1c1ccc(N)c(F)c1. The summed E-state index contributed by atoms with van der Waals surface area (Å²) in [4.78, 5) is 6.30. The van der Waals surface area contributed by atoms with Crippen LogP contribution in [0.1, 0.15) is 5.56 Å². The molecule has 0 amide bonds. The van der Waals surface area contributed by atoms with Crippen molar-refractivity contribution in [3.8, 4) is 0 Å². The molecule has 1 aromatic carbocycles. The predicted molar refractivity (Wildman–Crippen MR) is 54.8 cm³/mol. The van der Waals surface area contributed by atoms with E-state index in [-0.39, 0.29) is 11.5 Å². The van der Waals surface area contributed by atoms with E-state index >= 15 is 0 Å². The van der Waals surface area contributed by atoms with Gasteiger partial charge >= 0.3 is 0 Å². The second-order valence-corrected chi connectivity index (χ2v) is 3.36. The lowest BCUT2D eigenvalue weighted by atomic mass is 10.2. The average molecular weight is 193 g/mol. The predicted octanol–water partition coefficient (Wildman–Crippen LogP) is 1.10. The van der Waals surface area contributed by atoms with Crippen molar-refractivity contribution >= 4 is 11.5 Å². The molecule has 0 fully saturated rings. The van der Waals surface area contributed by atoms with Crippen LogP contribution >= 0.6 is 0 Å². The highest BCUT2D eigenvalue weighted by molar-refractivity contribution is 5.99. The lowest BCUT2D eigenvalue weighted by Crippen LogP contribution is -2.23. The maximum Gasteiger partial charge on any atom is 0.146 e. The molecule has 0 spiro atoms. The Balaban J connectivity index is 2.37. The quantitative estimate of drug-likeness (QED) is 0.678. The molecule has 14 heavy (non-hydrogen) atoms. The van der Waals surface area contributed by atoms with Gasteiger partial charge < -0.3 is 10.6 Å². The number of rotatable bonds is 1. The van der Waals surface area contributed by atoms with E-state index in [1.165, 1.54) is 6.07 Å². The third-order valence-electron chi connectivity index (χ3n) is 2.32. The molecular weight excluding hydrogens is 181 g/mol. The molecule has 0 aromatic heterocycles. The van der Waals surface area contributed by atoms with E-state index in [0.29, 0.717) is 0 Å². The Morgan fingerprint density at radius 1 is 1.50 bits per heavy atom. The van der Waals surface area contributed by atoms with Gasteiger partial charge in [0.05, 0.1) is 12.2 Å². The van der Waals surface area contributed by atoms with Crippen LogP contribution in [-0.4, -0.2) is 30.9 Å². The van der Waals surface area contributed by atoms with Crippen molar-refractivity contribution in [2.24, 2.45) is 4.99 Å². The van der Waals surface area contributed by atoms with Gasteiger partial charge in [0.2, 0.25) is 0 Å². The molecule has 74 valence electrons. The number of nitrogens with two attached hydrogens (primary N) is 1. The topological polar surface area (TPSA) is 41.6 Å². The van der Waals surface area contributed by atoms with Gasteiger partial charge in [-0.2, -0.15) is 0 Å². The van der Waals surface area contributed by atoms with E-state index in [1.54, 1.807) is 12.1 Å². The highest BCUT2D eigenvalue weighted by Crippen LogP contribution is 2.15. The van der Waals surface area contributed by atoms with Crippen LogP contribution in [0.2, 0.25) is 0 Å². The first-order valence-electron chi connectivity index (χ1n) is 4.49. The summed E-state index contributed by atoms with van der Waals surface area (Å²) in [6.07, 6.45) is 0. The molecule has 0 aliphatic carbocycles. The van der Waals surface area contributed by atoms with Gasteiger partial charge in [0.25, 0.3) is 0 Å². The third kappa shape index (κ3) is 1.43. The summed E-state index contributed by atoms with van der Waals surface area (Å²) in [5.41, 5.74) is 6.36. The molecule has 0 radical (unpaired) electrons. The Morgan fingerprint density at radius 2 is 2.29 bits per heavy atom. The Labute approximate surface area is 82.0 Å². The monoisotopic (exact) mass is 193 g/mol. The summed E-state index contributed by atoms with van der Waals surface area (Å²) in [6, 6.07) is 4.79. The summed E-state index contributed by atoms with van der Waals surface area (Å²) in [5, 5.41) is 0. The molecule has 0 atom stereocenters. The van der Waals surface area contributed by atoms with Crippen molar-refractivity contribution in [1.29, 1.82) is 0 Å². The zero-order chi connectivity index (χ0) is 10.1. The summed E-state index contributed by atoms with van der Waals surface area (Å²) in [5.74, 6) is 0.453. The molecule has 2 N–H and O–H groups in total. The molecule has 1 aliphatic heterocycles. The molecule has 3 nitrogen and oxygen atoms in total. The van der Waals surface area contributed by atoms with Gasteiger partial charge in [-0.1, -0.05) is 0 Å². The van der Waals surface area contributed by atoms with Crippen molar-refractivity contribution in [3.05, 3.63) is 29.6 Å². The van der Waals surface area contributed by atoms with E-state index < -0.39 is 0 Å². The van der Waals surface area contributed by atoms with E-state index in [4.69, 9.17) is 5.73 Å². The standard InChI is InChI=1S/C10H12FN3/c1-14-5-4-13-10(14)7-2-3-9(12)8(11)6-7/h2-3,6H,4-5,12H2,1H3. The van der Waals surface area contributed by atoms with E-state index in [2.05, 4.69) is 4.99 Å². The molecule has 4 heteroatoms. The summed E-state index contributed by atoms with van der Waals surface area (Å²) in [6.45, 7) is 1.67. The number of nitrogen functional groups attached to an aromatic ring is 1. The average Bonchev–Trinajstić information content (AvgIpc) is 2.57. The number of anilines is 1. The number of halogens is 1. The largest absolute Gasteiger partial charge is 0.396 e. The van der Waals surface area contributed by atoms with Crippen LogP contribution < -0.4 is 5.73 Å². The zero-order valence-electron chi connectivity index (χ0n) is 8.00. The Kier molecular flexibility index (Phi) is 2.11. The van der Waals surface area contributed by atoms with Crippen molar-refractivity contribution in [2.75, 3.05) is 25.9 Å². The Morgan fingerprint density at radius 3 is 2.86 bits per heavy atom. The molecule has 2 rings (SSSR count). The first-order valence-corrected chi connectivity index (χ1v) is 4.49. The van der Waals surface area contributed by atoms with E-state index in [0.717, 1.165) is 24.5 Å². The van der Waals surface area contributed by atoms with Crippen LogP contribution in [0.15, 0.2) is 23.2 Å². The maximum absolute atomic E-state index is 13.2. The molecule has 0 bridgehead atoms. The maximum atomic E-state index is 13.2. The van der Waals surface area contributed by atoms with Crippen molar-refractivity contribution < 1.29 is 4.39 Å². The highest BCUT2D eigenvalue weighted by atomic mass is 19.1. The second kappa shape index (κ2) is 3.29. The van der Waals surface area contributed by atoms with Gasteiger partial charge in [0, 0.05) is 19.2 Å². The lowest BCUT2D eigenvalue weighted by molar-refractivity contribution is 0.556. The van der Waals surface area contributed by atoms with Gasteiger partial charge in [-0.3, -0.25) is 4.99 Å². The van der Waals surface area contributed by atoms with Gasteiger partial charge in [0.1, 0.15) is 11.7 Å². The molecular formula is C10H12FN3. The van der Waals surface area contributed by atoms with Crippen LogP contribution in [0.4, 0.5) is 10.1 Å². The molecule has 1 heterocycles. The van der Waals surface area contributed by atoms with Gasteiger partial charge in [-0.15, -0.1) is 0 Å². The van der Waals surface area contributed by atoms with Crippen molar-refractivity contribution in [3.63, 3.8) is 0 Å². The number of aliphatic imine (C=N–C) groups is 1. The van der Waals surface area contributed by atoms with Crippen LogP contribution in [0.3, 0.4) is 0 Å². The Hall–Kier alpha value is -1.58. The smallest absolute Gasteiger partial charge is 0.146 e. The van der Waals surface area contributed by atoms with Gasteiger partial charge in [-0.25, -0.2) is 4.39 Å². The minimum atomic E-state index is -0.384. The fourth-order valence-electron chi connectivity index (χ4n) is 1.51. The fraction of sp³-hybridized carbons (Fsp3) is 0.300. The number of nitrogens with zero attached hydrogens (tertiary/aromatic N) is 2. The third-order valence-corrected chi connectivity index (χ3v) is 2.32. The van der Waals surface area contributed by atoms with Crippen molar-refractivity contribution in [2.45, 2.75) is 0 Å². The minimum absolute atomic E-state index is 0.176. The summed E-state index contributed by atoms with van der Waals surface area (Å²) in [7, 11) is 1.94. The fourth-order valence-corrected chi connectivity index (χ4v) is 1.51.